The van der Waals surface area contributed by atoms with Crippen molar-refractivity contribution in [3.05, 3.63) is 260 Å². The number of carbonyl (C=O) groups excluding carboxylic acids is 1. The molecule has 12 heterocycles. The third-order valence-corrected chi connectivity index (χ3v) is 32.3. The van der Waals surface area contributed by atoms with E-state index in [1.807, 2.05) is 111 Å². The molecule has 5 fully saturated rings. The van der Waals surface area contributed by atoms with Gasteiger partial charge in [-0.2, -0.15) is 4.31 Å². The molecule has 21 rings (SSSR count). The number of sulfonamides is 1. The minimum Gasteiger partial charge on any atom is -0.492 e. The molecular weight excluding hydrogens is 1890 g/mol. The van der Waals surface area contributed by atoms with Gasteiger partial charge in [0.2, 0.25) is 15.9 Å². The normalized spacial score (nSPS) is 23.1. The van der Waals surface area contributed by atoms with Crippen LogP contribution >= 0.6 is 0 Å². The van der Waals surface area contributed by atoms with Gasteiger partial charge < -0.3 is 43.8 Å². The number of likely N-dealkylation sites (tertiary alicyclic amines) is 4. The van der Waals surface area contributed by atoms with E-state index in [4.69, 9.17) is 18.9 Å². The zero-order chi connectivity index (χ0) is 103. The molecule has 4 saturated heterocycles. The van der Waals surface area contributed by atoms with Gasteiger partial charge in [-0.1, -0.05) is 112 Å². The van der Waals surface area contributed by atoms with Crippen LogP contribution in [0.25, 0.3) is 43.6 Å². The van der Waals surface area contributed by atoms with Crippen LogP contribution in [-0.4, -0.2) is 250 Å². The van der Waals surface area contributed by atoms with E-state index >= 15 is 26.3 Å². The molecule has 1 aliphatic carbocycles. The predicted molar refractivity (Wildman–Crippen MR) is 547 cm³/mol. The number of nitrogens with zero attached hydrogens (tertiary/aromatic N) is 8. The molecule has 4 N–H and O–H groups in total. The first-order chi connectivity index (χ1) is 69.2. The molecule has 9 aliphatic rings. The molecule has 1 saturated carbocycles. The van der Waals surface area contributed by atoms with Gasteiger partial charge in [0.05, 0.1) is 36.6 Å². The fourth-order valence-corrected chi connectivity index (χ4v) is 24.6. The fraction of sp³-hybridized carbons (Fsp3) is 0.500. The van der Waals surface area contributed by atoms with E-state index < -0.39 is 98.7 Å². The summed E-state index contributed by atoms with van der Waals surface area (Å²) in [4.78, 5) is 41.8. The summed E-state index contributed by atoms with van der Waals surface area (Å²) >= 11 is 0. The smallest absolute Gasteiger partial charge is 0.226 e. The number of rotatable bonds is 30. The topological polar surface area (TPSA) is 177 Å². The highest BCUT2D eigenvalue weighted by Gasteiger charge is 2.50. The Kier molecular flexibility index (Phi) is 31.2. The van der Waals surface area contributed by atoms with Gasteiger partial charge in [-0.3, -0.25) is 38.6 Å². The average molecular weight is 2030 g/mol. The monoisotopic (exact) mass is 2030 g/mol. The highest BCUT2D eigenvalue weighted by molar-refractivity contribution is 7.88. The zero-order valence-corrected chi connectivity index (χ0v) is 86.0. The standard InChI is InChI=1S/C30H37F4N3O.C30H34F3N3O2.C28H35F2N3O.C26H31F2N3O3S/c1-17-10-23-22-8-6-7-9-26(22)35-28(23)29(37(17)16-30(4,5)34)27-24(32)11-21(12-25(27)33)38-15-18(2)36-13-20(14-36)19(3)31;1-3-18-15-35(16-18)8-9-38-21-13-24(32)27(25(33)14-21)29-28-23(22-6-4-5-7-26(22)34-28)10-17(2)36(29)30(37)19-11-20(31)12-19;1-19-15-24-23-7-4-5-8-25(23)31-26(24)27(33(19)18-28(2,3)30)20-9-11-21(12-10-20)34-22-16-32(17-22)14-6-13-29;1-4-5-10-30-14-18(15-30)34-17-12-21(27)24(22(28)13-17)26-25-20(11-16(2)31(26)35(3,32)33)19-8-6-7-9-23(19)29-25/h6-9,11-12,17-20,29,35H,10,13-16H2,1-5H3;4-7,13-14,17-20,29,34H,3,8-12,15-16H2,1-2H3;4-5,7-12,19,22,27,31H,6,13-18H2,1-3H3;6-9,12-13,16,18,26,29H,4-5,10-11,14-15H2,1-3H3/t17-,18+,19?,29-;17-,19?,20?,29-;19-,27-;16-,26-/m1111/s1. The van der Waals surface area contributed by atoms with Crippen molar-refractivity contribution in [1.29, 1.82) is 0 Å². The lowest BCUT2D eigenvalue weighted by Crippen LogP contribution is -2.55. The van der Waals surface area contributed by atoms with E-state index in [-0.39, 0.29) is 121 Å². The van der Waals surface area contributed by atoms with Crippen molar-refractivity contribution in [2.45, 2.75) is 238 Å². The maximum Gasteiger partial charge on any atom is 0.226 e. The molecule has 0 radical (unpaired) electrons. The highest BCUT2D eigenvalue weighted by atomic mass is 32.2. The number of unbranched alkanes of at least 4 members (excludes halogenated alkanes) is 1. The van der Waals surface area contributed by atoms with Gasteiger partial charge in [-0.05, 0) is 197 Å². The Bertz CT molecular complexity index is 6620. The molecular formula is C114H137F11N12O7S. The maximum absolute atomic E-state index is 15.8. The largest absolute Gasteiger partial charge is 0.492 e. The van der Waals surface area contributed by atoms with Crippen LogP contribution in [0.3, 0.4) is 0 Å². The van der Waals surface area contributed by atoms with E-state index in [2.05, 4.69) is 102 Å². The van der Waals surface area contributed by atoms with Crippen LogP contribution in [0.4, 0.5) is 48.3 Å². The molecule has 0 spiro atoms. The molecule has 4 aromatic heterocycles. The second kappa shape index (κ2) is 43.4. The van der Waals surface area contributed by atoms with Crippen molar-refractivity contribution in [3.63, 3.8) is 0 Å². The molecule has 12 aromatic rings. The Morgan fingerprint density at radius 3 is 1.31 bits per heavy atom. The molecule has 10 atom stereocenters. The van der Waals surface area contributed by atoms with Crippen LogP contribution in [0.1, 0.15) is 213 Å². The molecule has 778 valence electrons. The Balaban J connectivity index is 0.000000127. The van der Waals surface area contributed by atoms with E-state index in [1.54, 1.807) is 32.6 Å². The van der Waals surface area contributed by atoms with Gasteiger partial charge in [0, 0.05) is 234 Å². The first-order valence-electron chi connectivity index (χ1n) is 51.7. The number of alkyl halides is 5. The molecule has 19 nitrogen and oxygen atoms in total. The van der Waals surface area contributed by atoms with Gasteiger partial charge in [0.1, 0.15) is 113 Å². The lowest BCUT2D eigenvalue weighted by atomic mass is 9.80. The van der Waals surface area contributed by atoms with E-state index in [0.717, 1.165) is 156 Å². The van der Waals surface area contributed by atoms with Crippen LogP contribution in [0.5, 0.6) is 23.0 Å². The number of amides is 1. The van der Waals surface area contributed by atoms with Gasteiger partial charge in [0.25, 0.3) is 0 Å². The number of halogens is 11. The maximum atomic E-state index is 15.8. The van der Waals surface area contributed by atoms with Crippen LogP contribution in [0, 0.1) is 52.7 Å². The van der Waals surface area contributed by atoms with Crippen molar-refractivity contribution in [1.82, 2.24) is 58.5 Å². The second-order valence-electron chi connectivity index (χ2n) is 43.3. The molecule has 145 heavy (non-hydrogen) atoms. The van der Waals surface area contributed by atoms with Crippen molar-refractivity contribution >= 4 is 59.5 Å². The number of hydrogen-bond acceptors (Lipinski definition) is 13. The first kappa shape index (κ1) is 104. The number of ether oxygens (including phenoxy) is 4. The average Bonchev–Trinajstić information content (AvgIpc) is 1.62. The number of aromatic amines is 4. The Labute approximate surface area is 843 Å². The number of aromatic nitrogens is 4. The molecule has 8 aromatic carbocycles. The van der Waals surface area contributed by atoms with Crippen LogP contribution < -0.4 is 18.9 Å². The number of para-hydroxylation sites is 4. The highest BCUT2D eigenvalue weighted by Crippen LogP contribution is 2.51. The van der Waals surface area contributed by atoms with Crippen LogP contribution in [0.15, 0.2) is 158 Å². The van der Waals surface area contributed by atoms with Crippen molar-refractivity contribution in [2.24, 2.45) is 17.8 Å². The Hall–Kier alpha value is -10.5. The molecule has 0 bridgehead atoms. The third kappa shape index (κ3) is 22.5. The van der Waals surface area contributed by atoms with E-state index in [1.165, 1.54) is 71.2 Å². The number of benzene rings is 8. The van der Waals surface area contributed by atoms with Crippen molar-refractivity contribution in [3.8, 4) is 23.0 Å². The zero-order valence-electron chi connectivity index (χ0n) is 85.1. The molecule has 1 amide bonds. The van der Waals surface area contributed by atoms with Crippen LogP contribution in [0.2, 0.25) is 0 Å². The Morgan fingerprint density at radius 2 is 0.869 bits per heavy atom. The summed E-state index contributed by atoms with van der Waals surface area (Å²) < 4.78 is 214. The summed E-state index contributed by atoms with van der Waals surface area (Å²) in [5.41, 5.74) is 8.55. The number of fused-ring (bicyclic) bond motifs is 12. The SMILES string of the molecule is CC(F)C1CN([C@@H](C)COc2cc(F)c([C@@H]3c4[nH]c5ccccc5c4C[C@@H](C)N3CC(C)(C)F)c(F)c2)C1.CCC1CN(CCOc2cc(F)c([C@@H]3c4[nH]c5ccccc5c4C[C@@H](C)N3C(=O)C3CC(F)C3)c(F)c2)C1.CCCCN1CC(Oc2cc(F)c([C@@H]3c4[nH]c5ccccc5c4C[C@@H](C)N3S(C)(=O)=O)c(F)c2)C1.C[C@@H]1Cc2c([nH]c3ccccc23)[C@@H](c2ccc(OC3CN(CCCF)C3)cc2)N1CC(C)(C)F. The number of H-pyrrole nitrogens is 4. The van der Waals surface area contributed by atoms with Crippen molar-refractivity contribution in [2.75, 3.05) is 111 Å². The molecule has 8 aliphatic heterocycles. The van der Waals surface area contributed by atoms with Crippen LogP contribution in [-0.2, 0) is 40.5 Å². The molecule has 31 heteroatoms. The van der Waals surface area contributed by atoms with Gasteiger partial charge in [-0.25, -0.2) is 52.3 Å². The number of nitrogens with one attached hydrogen (secondary N) is 4. The third-order valence-electron chi connectivity index (χ3n) is 31.0. The minimum absolute atomic E-state index is 0.00817. The second-order valence-corrected chi connectivity index (χ2v) is 45.1. The summed E-state index contributed by atoms with van der Waals surface area (Å²) in [5, 5.41) is 4.20. The first-order valence-corrected chi connectivity index (χ1v) is 53.6. The summed E-state index contributed by atoms with van der Waals surface area (Å²) in [7, 11) is -3.78. The Morgan fingerprint density at radius 1 is 0.476 bits per heavy atom. The van der Waals surface area contributed by atoms with E-state index in [0.29, 0.717) is 75.6 Å². The minimum atomic E-state index is -3.78. The number of carbonyl (C=O) groups is 1. The van der Waals surface area contributed by atoms with Gasteiger partial charge in [-0.15, -0.1) is 0 Å². The summed E-state index contributed by atoms with van der Waals surface area (Å²) in [6.45, 7) is 31.7. The predicted octanol–water partition coefficient (Wildman–Crippen LogP) is 22.6. The molecule has 1 unspecified atom stereocenters. The lowest BCUT2D eigenvalue weighted by molar-refractivity contribution is -0.145. The van der Waals surface area contributed by atoms with E-state index in [9.17, 15) is 35.2 Å². The fourth-order valence-electron chi connectivity index (χ4n) is 23.3. The van der Waals surface area contributed by atoms with Gasteiger partial charge in [0.15, 0.2) is 0 Å². The quantitative estimate of drug-likeness (QED) is 0.0313. The summed E-state index contributed by atoms with van der Waals surface area (Å²) in [6.07, 6.45) is 6.09. The van der Waals surface area contributed by atoms with Gasteiger partial charge >= 0.3 is 0 Å². The summed E-state index contributed by atoms with van der Waals surface area (Å²) in [6, 6.07) is 43.4. The number of hydrogen-bond donors (Lipinski definition) is 4. The van der Waals surface area contributed by atoms with Crippen molar-refractivity contribution < 1.29 is 80.5 Å². The lowest BCUT2D eigenvalue weighted by Gasteiger charge is -2.44. The summed E-state index contributed by atoms with van der Waals surface area (Å²) in [5.74, 6) is -3.38.